The Kier molecular flexibility index (Phi) is 37.2. The molecule has 0 saturated heterocycles. The van der Waals surface area contributed by atoms with E-state index in [1.54, 1.807) is 0 Å². The summed E-state index contributed by atoms with van der Waals surface area (Å²) < 4.78 is 6.01. The zero-order chi connectivity index (χ0) is 35.0. The van der Waals surface area contributed by atoms with E-state index in [2.05, 4.69) is 74.6 Å². The van der Waals surface area contributed by atoms with E-state index in [4.69, 9.17) is 9.84 Å². The molecule has 0 aliphatic rings. The van der Waals surface area contributed by atoms with Gasteiger partial charge in [-0.1, -0.05) is 171 Å². The third-order valence-corrected chi connectivity index (χ3v) is 8.75. The smallest absolute Gasteiger partial charge is 0.306 e. The molecule has 0 aromatic heterocycles. The lowest BCUT2D eigenvalue weighted by molar-refractivity contribution is -0.150. The van der Waals surface area contributed by atoms with Gasteiger partial charge in [0.05, 0.1) is 0 Å². The maximum absolute atomic E-state index is 12.7. The molecule has 4 nitrogen and oxygen atoms in total. The number of hydrogen-bond donors (Lipinski definition) is 1. The van der Waals surface area contributed by atoms with Crippen LogP contribution in [0.3, 0.4) is 0 Å². The molecule has 0 rings (SSSR count). The predicted molar refractivity (Wildman–Crippen MR) is 208 cm³/mol. The monoisotopic (exact) mass is 669 g/mol. The molecule has 0 aromatic rings. The number of carbonyl (C=O) groups is 2. The first kappa shape index (κ1) is 45.6. The number of unbranched alkanes of at least 4 members (excludes halogenated alkanes) is 17. The molecule has 4 heteroatoms. The summed E-state index contributed by atoms with van der Waals surface area (Å²) in [5, 5.41) is 8.77. The van der Waals surface area contributed by atoms with Gasteiger partial charge in [0, 0.05) is 12.8 Å². The van der Waals surface area contributed by atoms with Crippen LogP contribution in [-0.4, -0.2) is 23.1 Å². The SMILES string of the molecule is CC/C=C\C/C=C\C/C=C\C/C=C\C/C=C\CCCC(=O)OC(CCCCCCCCCCCCC)CCCCCCCCCC(=O)O. The lowest BCUT2D eigenvalue weighted by atomic mass is 10.0. The van der Waals surface area contributed by atoms with Crippen LogP contribution < -0.4 is 0 Å². The summed E-state index contributed by atoms with van der Waals surface area (Å²) in [6.45, 7) is 4.43. The molecule has 0 heterocycles. The minimum atomic E-state index is -0.692. The molecule has 0 aromatic carbocycles. The highest BCUT2D eigenvalue weighted by molar-refractivity contribution is 5.69. The molecular weight excluding hydrogens is 592 g/mol. The quantitative estimate of drug-likeness (QED) is 0.0410. The average Bonchev–Trinajstić information content (AvgIpc) is 3.07. The van der Waals surface area contributed by atoms with Crippen LogP contribution in [0.5, 0.6) is 0 Å². The van der Waals surface area contributed by atoms with Crippen molar-refractivity contribution in [2.75, 3.05) is 0 Å². The van der Waals surface area contributed by atoms with E-state index in [1.807, 2.05) is 0 Å². The summed E-state index contributed by atoms with van der Waals surface area (Å²) >= 11 is 0. The van der Waals surface area contributed by atoms with Crippen LogP contribution in [0.15, 0.2) is 60.8 Å². The molecule has 0 fully saturated rings. The first-order valence-electron chi connectivity index (χ1n) is 20.3. The zero-order valence-electron chi connectivity index (χ0n) is 31.5. The number of carboxylic acid groups (broad SMARTS) is 1. The Hall–Kier alpha value is -2.36. The Bertz CT molecular complexity index is 850. The minimum Gasteiger partial charge on any atom is -0.481 e. The Balaban J connectivity index is 4.20. The van der Waals surface area contributed by atoms with Crippen LogP contribution in [0.25, 0.3) is 0 Å². The van der Waals surface area contributed by atoms with E-state index in [0.717, 1.165) is 96.3 Å². The van der Waals surface area contributed by atoms with Gasteiger partial charge in [-0.15, -0.1) is 0 Å². The van der Waals surface area contributed by atoms with Gasteiger partial charge < -0.3 is 9.84 Å². The molecule has 276 valence electrons. The summed E-state index contributed by atoms with van der Waals surface area (Å²) in [6, 6.07) is 0. The molecule has 1 atom stereocenters. The molecular formula is C44H76O4. The van der Waals surface area contributed by atoms with Crippen LogP contribution in [0.4, 0.5) is 0 Å². The maximum Gasteiger partial charge on any atom is 0.306 e. The number of allylic oxidation sites excluding steroid dienone is 10. The molecule has 0 radical (unpaired) electrons. The van der Waals surface area contributed by atoms with Crippen molar-refractivity contribution in [1.82, 2.24) is 0 Å². The van der Waals surface area contributed by atoms with Gasteiger partial charge in [0.15, 0.2) is 0 Å². The third-order valence-electron chi connectivity index (χ3n) is 8.75. The van der Waals surface area contributed by atoms with Crippen molar-refractivity contribution in [3.63, 3.8) is 0 Å². The maximum atomic E-state index is 12.7. The Morgan fingerprint density at radius 1 is 0.479 bits per heavy atom. The van der Waals surface area contributed by atoms with Gasteiger partial charge in [-0.3, -0.25) is 9.59 Å². The van der Waals surface area contributed by atoms with Crippen molar-refractivity contribution < 1.29 is 19.4 Å². The van der Waals surface area contributed by atoms with Gasteiger partial charge in [-0.05, 0) is 77.0 Å². The first-order chi connectivity index (χ1) is 23.6. The minimum absolute atomic E-state index is 0.0335. The first-order valence-corrected chi connectivity index (χ1v) is 20.3. The molecule has 1 unspecified atom stereocenters. The molecule has 48 heavy (non-hydrogen) atoms. The van der Waals surface area contributed by atoms with Gasteiger partial charge in [0.25, 0.3) is 0 Å². The second kappa shape index (κ2) is 39.1. The molecule has 0 spiro atoms. The summed E-state index contributed by atoms with van der Waals surface area (Å²) in [4.78, 5) is 23.3. The van der Waals surface area contributed by atoms with Gasteiger partial charge in [-0.2, -0.15) is 0 Å². The number of ether oxygens (including phenoxy) is 1. The molecule has 0 amide bonds. The number of hydrogen-bond acceptors (Lipinski definition) is 3. The molecule has 0 bridgehead atoms. The fraction of sp³-hybridized carbons (Fsp3) is 0.727. The van der Waals surface area contributed by atoms with Crippen molar-refractivity contribution in [3.8, 4) is 0 Å². The Morgan fingerprint density at radius 3 is 1.31 bits per heavy atom. The number of rotatable bonds is 36. The lowest BCUT2D eigenvalue weighted by Crippen LogP contribution is -2.18. The van der Waals surface area contributed by atoms with Crippen LogP contribution in [0.2, 0.25) is 0 Å². The highest BCUT2D eigenvalue weighted by Crippen LogP contribution is 2.19. The van der Waals surface area contributed by atoms with E-state index in [9.17, 15) is 9.59 Å². The summed E-state index contributed by atoms with van der Waals surface area (Å²) in [7, 11) is 0. The second-order valence-corrected chi connectivity index (χ2v) is 13.4. The molecule has 0 aliphatic carbocycles. The summed E-state index contributed by atoms with van der Waals surface area (Å²) in [5.41, 5.74) is 0. The fourth-order valence-electron chi connectivity index (χ4n) is 5.81. The zero-order valence-corrected chi connectivity index (χ0v) is 31.5. The standard InChI is InChI=1S/C44H76O4/c1-3-5-7-9-11-13-15-16-17-18-19-20-22-24-29-33-37-41-44(47)48-42(39-35-31-27-25-28-32-36-40-43(45)46)38-34-30-26-23-21-14-12-10-8-6-4-2/h5,7,11,13,16-17,19-20,24,29,42H,3-4,6,8-10,12,14-15,18,21-23,25-28,30-41H2,1-2H3,(H,45,46)/b7-5-,13-11-,17-16-,20-19-,29-24-. The van der Waals surface area contributed by atoms with Gasteiger partial charge in [0.2, 0.25) is 0 Å². The van der Waals surface area contributed by atoms with Crippen molar-refractivity contribution in [2.24, 2.45) is 0 Å². The molecule has 1 N–H and O–H groups in total. The van der Waals surface area contributed by atoms with Gasteiger partial charge >= 0.3 is 11.9 Å². The summed E-state index contributed by atoms with van der Waals surface area (Å²) in [6.07, 6.45) is 53.8. The number of esters is 1. The van der Waals surface area contributed by atoms with E-state index in [-0.39, 0.29) is 18.5 Å². The van der Waals surface area contributed by atoms with Crippen molar-refractivity contribution in [1.29, 1.82) is 0 Å². The van der Waals surface area contributed by atoms with Crippen molar-refractivity contribution >= 4 is 11.9 Å². The third kappa shape index (κ3) is 38.1. The predicted octanol–water partition coefficient (Wildman–Crippen LogP) is 14.1. The average molecular weight is 669 g/mol. The highest BCUT2D eigenvalue weighted by atomic mass is 16.5. The second-order valence-electron chi connectivity index (χ2n) is 13.4. The van der Waals surface area contributed by atoms with Crippen molar-refractivity contribution in [3.05, 3.63) is 60.8 Å². The number of aliphatic carboxylic acids is 1. The van der Waals surface area contributed by atoms with E-state index in [0.29, 0.717) is 6.42 Å². The molecule has 0 aliphatic heterocycles. The largest absolute Gasteiger partial charge is 0.481 e. The van der Waals surface area contributed by atoms with E-state index >= 15 is 0 Å². The lowest BCUT2D eigenvalue weighted by Gasteiger charge is -2.18. The van der Waals surface area contributed by atoms with Crippen LogP contribution in [-0.2, 0) is 14.3 Å². The van der Waals surface area contributed by atoms with Crippen molar-refractivity contribution in [2.45, 2.75) is 206 Å². The summed E-state index contributed by atoms with van der Waals surface area (Å²) in [5.74, 6) is -0.726. The number of carboxylic acids is 1. The fourth-order valence-corrected chi connectivity index (χ4v) is 5.81. The Morgan fingerprint density at radius 2 is 0.875 bits per heavy atom. The van der Waals surface area contributed by atoms with Crippen LogP contribution >= 0.6 is 0 Å². The topological polar surface area (TPSA) is 63.6 Å². The highest BCUT2D eigenvalue weighted by Gasteiger charge is 2.14. The Labute approximate surface area is 297 Å². The normalized spacial score (nSPS) is 12.9. The van der Waals surface area contributed by atoms with Crippen LogP contribution in [0, 0.1) is 0 Å². The van der Waals surface area contributed by atoms with E-state index < -0.39 is 5.97 Å². The molecule has 0 saturated carbocycles. The van der Waals surface area contributed by atoms with E-state index in [1.165, 1.54) is 77.0 Å². The van der Waals surface area contributed by atoms with Crippen LogP contribution in [0.1, 0.15) is 200 Å². The van der Waals surface area contributed by atoms with Gasteiger partial charge in [-0.25, -0.2) is 0 Å². The number of carbonyl (C=O) groups excluding carboxylic acids is 1. The van der Waals surface area contributed by atoms with Gasteiger partial charge in [0.1, 0.15) is 6.10 Å².